The number of amides is 2. The Kier molecular flexibility index (Phi) is 7.90. The third-order valence-electron chi connectivity index (χ3n) is 6.84. The highest BCUT2D eigenvalue weighted by Crippen LogP contribution is 2.32. The van der Waals surface area contributed by atoms with Gasteiger partial charge in [-0.3, -0.25) is 9.69 Å². The summed E-state index contributed by atoms with van der Waals surface area (Å²) in [5.74, 6) is -3.28. The maximum Gasteiger partial charge on any atom is 0.342 e. The van der Waals surface area contributed by atoms with Gasteiger partial charge in [0.15, 0.2) is 6.54 Å². The maximum absolute atomic E-state index is 14.8. The van der Waals surface area contributed by atoms with Crippen molar-refractivity contribution in [2.24, 2.45) is 0 Å². The molecule has 208 valence electrons. The number of carboxylic acid groups (broad SMARTS) is 1. The molecule has 0 atom stereocenters. The minimum Gasteiger partial charge on any atom is -0.530 e. The Labute approximate surface area is 229 Å². The molecule has 3 heterocycles. The molecule has 11 heteroatoms. The molecule has 5 rings (SSSR count). The van der Waals surface area contributed by atoms with Crippen molar-refractivity contribution in [2.45, 2.75) is 25.6 Å². The first-order valence-electron chi connectivity index (χ1n) is 12.9. The zero-order chi connectivity index (χ0) is 28.1. The fraction of sp³-hybridized carbons (Fsp3) is 0.310. The number of rotatable bonds is 7. The number of carbonyl (C=O) groups is 2. The number of anilines is 1. The first-order valence-corrected chi connectivity index (χ1v) is 12.9. The number of likely N-dealkylation sites (tertiary alicyclic amines) is 1. The number of pyridine rings is 1. The van der Waals surface area contributed by atoms with Gasteiger partial charge in [0.25, 0.3) is 5.91 Å². The average molecular weight is 551 g/mol. The van der Waals surface area contributed by atoms with E-state index >= 15 is 0 Å². The second-order valence-electron chi connectivity index (χ2n) is 9.58. The minimum atomic E-state index is -3.38. The molecule has 1 aromatic heterocycles. The fourth-order valence-electron chi connectivity index (χ4n) is 4.80. The van der Waals surface area contributed by atoms with Crippen molar-refractivity contribution >= 4 is 23.4 Å². The van der Waals surface area contributed by atoms with Crippen LogP contribution in [0.25, 0.3) is 0 Å². The van der Waals surface area contributed by atoms with E-state index in [4.69, 9.17) is 9.47 Å². The molecule has 0 N–H and O–H groups in total. The summed E-state index contributed by atoms with van der Waals surface area (Å²) in [5, 5.41) is 11.1. The van der Waals surface area contributed by atoms with Crippen LogP contribution in [0, 0.1) is 0 Å². The number of hydrogen-bond donors (Lipinski definition) is 0. The minimum absolute atomic E-state index is 0.104. The maximum atomic E-state index is 14.8. The van der Waals surface area contributed by atoms with Gasteiger partial charge in [-0.25, -0.2) is 4.58 Å². The molecule has 2 aromatic carbocycles. The number of halogens is 2. The molecule has 0 bridgehead atoms. The largest absolute Gasteiger partial charge is 0.530 e. The predicted molar refractivity (Wildman–Crippen MR) is 140 cm³/mol. The lowest BCUT2D eigenvalue weighted by molar-refractivity contribution is -0.525. The summed E-state index contributed by atoms with van der Waals surface area (Å²) >= 11 is 0. The highest BCUT2D eigenvalue weighted by molar-refractivity contribution is 5.97. The van der Waals surface area contributed by atoms with Gasteiger partial charge in [0, 0.05) is 12.6 Å². The van der Waals surface area contributed by atoms with Crippen molar-refractivity contribution < 1.29 is 37.5 Å². The van der Waals surface area contributed by atoms with Crippen molar-refractivity contribution in [3.63, 3.8) is 0 Å². The monoisotopic (exact) mass is 550 g/mol. The van der Waals surface area contributed by atoms with Gasteiger partial charge >= 0.3 is 5.92 Å². The fourth-order valence-corrected chi connectivity index (χ4v) is 4.80. The molecule has 2 amide bonds. The molecular weight excluding hydrogens is 522 g/mol. The van der Waals surface area contributed by atoms with E-state index in [1.165, 1.54) is 9.48 Å². The average Bonchev–Trinajstić information content (AvgIpc) is 2.95. The van der Waals surface area contributed by atoms with Crippen LogP contribution in [-0.2, 0) is 18.0 Å². The van der Waals surface area contributed by atoms with E-state index in [-0.39, 0.29) is 50.8 Å². The number of piperidine rings is 1. The van der Waals surface area contributed by atoms with E-state index in [1.807, 2.05) is 60.7 Å². The van der Waals surface area contributed by atoms with Crippen LogP contribution in [0.5, 0.6) is 11.8 Å². The normalized spacial score (nSPS) is 18.9. The van der Waals surface area contributed by atoms with E-state index in [9.17, 15) is 23.5 Å². The van der Waals surface area contributed by atoms with Crippen molar-refractivity contribution in [2.75, 3.05) is 37.6 Å². The standard InChI is InChI=1S/C29H28F2N4O5/c30-29(31)20-34(28(37)38)14-13-24(29)33-15-16-35(26(36)17-33)23-11-12-25(39-18-21-7-3-1-4-8-21)32-27(23)40-19-22-9-5-2-6-10-22/h1-12H,13-20H2. The zero-order valence-corrected chi connectivity index (χ0v) is 21.7. The van der Waals surface area contributed by atoms with Crippen LogP contribution in [0.4, 0.5) is 19.3 Å². The molecule has 2 aliphatic rings. The van der Waals surface area contributed by atoms with Crippen LogP contribution in [0.3, 0.4) is 0 Å². The lowest BCUT2D eigenvalue weighted by atomic mass is 10.0. The molecule has 3 aromatic rings. The Morgan fingerprint density at radius 3 is 2.20 bits per heavy atom. The van der Waals surface area contributed by atoms with E-state index < -0.39 is 24.5 Å². The SMILES string of the molecule is O=C([O-])N1CCC(=[N+]2CCN(c3ccc(OCc4ccccc4)nc3OCc3ccccc3)C(=O)C2)C(F)(F)C1. The van der Waals surface area contributed by atoms with E-state index in [0.717, 1.165) is 11.1 Å². The van der Waals surface area contributed by atoms with Gasteiger partial charge in [-0.1, -0.05) is 60.7 Å². The molecule has 0 unspecified atom stereocenters. The van der Waals surface area contributed by atoms with Gasteiger partial charge in [-0.2, -0.15) is 13.8 Å². The van der Waals surface area contributed by atoms with Crippen LogP contribution in [-0.4, -0.2) is 70.8 Å². The summed E-state index contributed by atoms with van der Waals surface area (Å²) in [6.07, 6.45) is -1.80. The first kappa shape index (κ1) is 27.0. The summed E-state index contributed by atoms with van der Waals surface area (Å²) in [5.41, 5.74) is 2.05. The Morgan fingerprint density at radius 2 is 1.60 bits per heavy atom. The molecule has 0 spiro atoms. The van der Waals surface area contributed by atoms with E-state index in [1.54, 1.807) is 12.1 Å². The lowest BCUT2D eigenvalue weighted by Crippen LogP contribution is -2.59. The third kappa shape index (κ3) is 6.19. The van der Waals surface area contributed by atoms with Crippen molar-refractivity contribution in [1.82, 2.24) is 9.88 Å². The smallest absolute Gasteiger partial charge is 0.342 e. The number of nitrogens with zero attached hydrogens (tertiary/aromatic N) is 4. The molecule has 0 saturated carbocycles. The quantitative estimate of drug-likeness (QED) is 0.420. The summed E-state index contributed by atoms with van der Waals surface area (Å²) in [6, 6.07) is 22.4. The first-order chi connectivity index (χ1) is 19.3. The molecule has 9 nitrogen and oxygen atoms in total. The van der Waals surface area contributed by atoms with Crippen LogP contribution in [0.15, 0.2) is 72.8 Å². The van der Waals surface area contributed by atoms with Gasteiger partial charge in [-0.15, -0.1) is 0 Å². The highest BCUT2D eigenvalue weighted by atomic mass is 19.3. The summed E-state index contributed by atoms with van der Waals surface area (Å²) in [4.78, 5) is 30.9. The van der Waals surface area contributed by atoms with Crippen LogP contribution in [0.2, 0.25) is 0 Å². The molecule has 2 saturated heterocycles. The number of alkyl halides is 2. The Hall–Kier alpha value is -4.54. The molecular formula is C29H28F2N4O5. The molecule has 40 heavy (non-hydrogen) atoms. The second kappa shape index (κ2) is 11.7. The van der Waals surface area contributed by atoms with Gasteiger partial charge in [0.1, 0.15) is 25.0 Å². The van der Waals surface area contributed by atoms with Crippen molar-refractivity contribution in [3.05, 3.63) is 83.9 Å². The molecule has 0 aliphatic carbocycles. The Bertz CT molecular complexity index is 1400. The highest BCUT2D eigenvalue weighted by Gasteiger charge is 2.49. The number of carbonyl (C=O) groups excluding carboxylic acids is 2. The molecule has 2 fully saturated rings. The van der Waals surface area contributed by atoms with Crippen molar-refractivity contribution in [3.8, 4) is 11.8 Å². The van der Waals surface area contributed by atoms with Gasteiger partial charge < -0.3 is 24.3 Å². The van der Waals surface area contributed by atoms with E-state index in [2.05, 4.69) is 4.98 Å². The number of ether oxygens (including phenoxy) is 2. The summed E-state index contributed by atoms with van der Waals surface area (Å²) in [6.45, 7) is -0.594. The van der Waals surface area contributed by atoms with Gasteiger partial charge in [-0.05, 0) is 17.2 Å². The number of piperazine rings is 1. The Morgan fingerprint density at radius 1 is 0.950 bits per heavy atom. The predicted octanol–water partition coefficient (Wildman–Crippen LogP) is 2.72. The summed E-state index contributed by atoms with van der Waals surface area (Å²) < 4.78 is 42.8. The topological polar surface area (TPSA) is 98.0 Å². The summed E-state index contributed by atoms with van der Waals surface area (Å²) in [7, 11) is 0. The van der Waals surface area contributed by atoms with Gasteiger partial charge in [0.05, 0.1) is 19.5 Å². The van der Waals surface area contributed by atoms with E-state index in [0.29, 0.717) is 23.1 Å². The number of benzene rings is 2. The van der Waals surface area contributed by atoms with Crippen LogP contribution >= 0.6 is 0 Å². The second-order valence-corrected chi connectivity index (χ2v) is 9.58. The Balaban J connectivity index is 1.36. The third-order valence-corrected chi connectivity index (χ3v) is 6.84. The van der Waals surface area contributed by atoms with Crippen LogP contribution < -0.4 is 19.5 Å². The van der Waals surface area contributed by atoms with Crippen molar-refractivity contribution in [1.29, 1.82) is 0 Å². The number of hydrogen-bond acceptors (Lipinski definition) is 6. The molecule has 2 aliphatic heterocycles. The molecule has 0 radical (unpaired) electrons. The van der Waals surface area contributed by atoms with Crippen LogP contribution in [0.1, 0.15) is 17.5 Å². The lowest BCUT2D eigenvalue weighted by Gasteiger charge is -2.35. The zero-order valence-electron chi connectivity index (χ0n) is 21.7. The van der Waals surface area contributed by atoms with Gasteiger partial charge in [0.2, 0.25) is 24.0 Å². The number of aromatic nitrogens is 1.